The molecule has 1 aliphatic rings. The predicted molar refractivity (Wildman–Crippen MR) is 161 cm³/mol. The van der Waals surface area contributed by atoms with E-state index in [0.717, 1.165) is 11.4 Å². The number of hydrogen-bond acceptors (Lipinski definition) is 0. The van der Waals surface area contributed by atoms with E-state index < -0.39 is 0 Å². The smallest absolute Gasteiger partial charge is 0.0409 e. The Labute approximate surface area is 228 Å². The summed E-state index contributed by atoms with van der Waals surface area (Å²) in [7, 11) is 0. The molecule has 0 radical (unpaired) electrons. The van der Waals surface area contributed by atoms with Crippen LogP contribution in [0, 0.1) is 0 Å². The predicted octanol–water partition coefficient (Wildman–Crippen LogP) is 10.6. The van der Waals surface area contributed by atoms with Crippen LogP contribution in [-0.2, 0) is 6.42 Å². The summed E-state index contributed by atoms with van der Waals surface area (Å²) in [6.07, 6.45) is 0.851. The van der Waals surface area contributed by atoms with Crippen LogP contribution < -0.4 is 0 Å². The Bertz CT molecular complexity index is 1750. The van der Waals surface area contributed by atoms with E-state index in [4.69, 9.17) is 11.6 Å². The first kappa shape index (κ1) is 22.8. The monoisotopic (exact) mass is 504 g/mol. The van der Waals surface area contributed by atoms with Gasteiger partial charge in [-0.05, 0) is 85.3 Å². The Hall–Kier alpha value is -4.39. The highest BCUT2D eigenvalue weighted by molar-refractivity contribution is 6.30. The molecule has 1 aliphatic carbocycles. The molecule has 1 heteroatoms. The summed E-state index contributed by atoms with van der Waals surface area (Å²) in [4.78, 5) is 0. The second kappa shape index (κ2) is 9.49. The molecule has 0 aromatic heterocycles. The van der Waals surface area contributed by atoms with Crippen LogP contribution >= 0.6 is 11.6 Å². The van der Waals surface area contributed by atoms with E-state index in [2.05, 4.69) is 133 Å². The SMILES string of the molecule is Clc1ccc2c(c1)Cc1c(-c3ccccc3)c(-c3ccccc3)c(-c3ccccc3)c(-c3ccccc3)c1-2. The van der Waals surface area contributed by atoms with E-state index >= 15 is 0 Å². The third kappa shape index (κ3) is 3.77. The van der Waals surface area contributed by atoms with Crippen LogP contribution in [0.15, 0.2) is 140 Å². The molecule has 6 aromatic rings. The molecule has 0 atom stereocenters. The molecule has 0 fully saturated rings. The number of benzene rings is 6. The quantitative estimate of drug-likeness (QED) is 0.223. The van der Waals surface area contributed by atoms with Gasteiger partial charge in [0.2, 0.25) is 0 Å². The average Bonchev–Trinajstić information content (AvgIpc) is 3.35. The second-order valence-corrected chi connectivity index (χ2v) is 10.2. The van der Waals surface area contributed by atoms with E-state index in [1.165, 1.54) is 66.8 Å². The summed E-state index contributed by atoms with van der Waals surface area (Å²) in [6.45, 7) is 0. The summed E-state index contributed by atoms with van der Waals surface area (Å²) in [5.74, 6) is 0. The van der Waals surface area contributed by atoms with Crippen molar-refractivity contribution in [2.24, 2.45) is 0 Å². The van der Waals surface area contributed by atoms with Gasteiger partial charge in [-0.15, -0.1) is 0 Å². The minimum absolute atomic E-state index is 0.783. The van der Waals surface area contributed by atoms with E-state index in [9.17, 15) is 0 Å². The van der Waals surface area contributed by atoms with Crippen molar-refractivity contribution in [2.45, 2.75) is 6.42 Å². The van der Waals surface area contributed by atoms with Crippen molar-refractivity contribution in [1.82, 2.24) is 0 Å². The zero-order chi connectivity index (χ0) is 25.5. The summed E-state index contributed by atoms with van der Waals surface area (Å²) in [5.41, 5.74) is 15.3. The Morgan fingerprint density at radius 3 is 1.26 bits per heavy atom. The Balaban J connectivity index is 1.74. The topological polar surface area (TPSA) is 0 Å². The third-order valence-corrected chi connectivity index (χ3v) is 7.79. The van der Waals surface area contributed by atoms with Crippen molar-refractivity contribution >= 4 is 11.6 Å². The molecular formula is C37H25Cl. The minimum Gasteiger partial charge on any atom is -0.0843 e. The van der Waals surface area contributed by atoms with Crippen LogP contribution in [-0.4, -0.2) is 0 Å². The zero-order valence-corrected chi connectivity index (χ0v) is 21.6. The number of halogens is 1. The first-order valence-corrected chi connectivity index (χ1v) is 13.4. The Kier molecular flexibility index (Phi) is 5.69. The summed E-state index contributed by atoms with van der Waals surface area (Å²) >= 11 is 6.53. The Morgan fingerprint density at radius 1 is 0.395 bits per heavy atom. The fourth-order valence-electron chi connectivity index (χ4n) is 6.02. The maximum absolute atomic E-state index is 6.53. The Morgan fingerprint density at radius 2 is 0.789 bits per heavy atom. The van der Waals surface area contributed by atoms with Crippen molar-refractivity contribution < 1.29 is 0 Å². The maximum atomic E-state index is 6.53. The van der Waals surface area contributed by atoms with Gasteiger partial charge in [0.25, 0.3) is 0 Å². The highest BCUT2D eigenvalue weighted by Crippen LogP contribution is 2.56. The van der Waals surface area contributed by atoms with Gasteiger partial charge >= 0.3 is 0 Å². The molecule has 0 amide bonds. The molecule has 0 bridgehead atoms. The molecule has 0 aliphatic heterocycles. The van der Waals surface area contributed by atoms with E-state index in [1.54, 1.807) is 0 Å². The molecule has 0 spiro atoms. The lowest BCUT2D eigenvalue weighted by Crippen LogP contribution is -2.00. The van der Waals surface area contributed by atoms with Gasteiger partial charge < -0.3 is 0 Å². The van der Waals surface area contributed by atoms with Gasteiger partial charge in [0.05, 0.1) is 0 Å². The van der Waals surface area contributed by atoms with E-state index in [0.29, 0.717) is 0 Å². The van der Waals surface area contributed by atoms with Crippen LogP contribution in [0.25, 0.3) is 55.6 Å². The fourth-order valence-corrected chi connectivity index (χ4v) is 6.22. The molecule has 6 aromatic carbocycles. The van der Waals surface area contributed by atoms with Crippen molar-refractivity contribution in [3.8, 4) is 55.6 Å². The van der Waals surface area contributed by atoms with Crippen LogP contribution in [0.5, 0.6) is 0 Å². The molecule has 0 nitrogen and oxygen atoms in total. The summed E-state index contributed by atoms with van der Waals surface area (Å²) in [5, 5.41) is 0.783. The van der Waals surface area contributed by atoms with Crippen LogP contribution in [0.1, 0.15) is 11.1 Å². The molecule has 0 heterocycles. The van der Waals surface area contributed by atoms with Crippen molar-refractivity contribution in [3.63, 3.8) is 0 Å². The number of rotatable bonds is 4. The van der Waals surface area contributed by atoms with E-state index in [-0.39, 0.29) is 0 Å². The molecule has 7 rings (SSSR count). The standard InChI is InChI=1S/C37H25Cl/c38-30-21-22-31-29(23-30)24-32-33(25-13-5-1-6-14-25)34(26-15-7-2-8-16-26)35(27-17-9-3-10-18-27)36(37(31)32)28-19-11-4-12-20-28/h1-23H,24H2. The minimum atomic E-state index is 0.783. The summed E-state index contributed by atoms with van der Waals surface area (Å²) < 4.78 is 0. The number of hydrogen-bond donors (Lipinski definition) is 0. The maximum Gasteiger partial charge on any atom is 0.0409 e. The van der Waals surface area contributed by atoms with Gasteiger partial charge in [-0.3, -0.25) is 0 Å². The molecule has 0 saturated carbocycles. The molecule has 180 valence electrons. The van der Waals surface area contributed by atoms with Gasteiger partial charge in [0.1, 0.15) is 0 Å². The van der Waals surface area contributed by atoms with Crippen LogP contribution in [0.4, 0.5) is 0 Å². The summed E-state index contributed by atoms with van der Waals surface area (Å²) in [6, 6.07) is 49.8. The first-order chi connectivity index (χ1) is 18.8. The molecular weight excluding hydrogens is 480 g/mol. The molecule has 38 heavy (non-hydrogen) atoms. The van der Waals surface area contributed by atoms with Crippen LogP contribution in [0.2, 0.25) is 5.02 Å². The number of fused-ring (bicyclic) bond motifs is 3. The van der Waals surface area contributed by atoms with Crippen molar-refractivity contribution in [2.75, 3.05) is 0 Å². The molecule has 0 unspecified atom stereocenters. The van der Waals surface area contributed by atoms with Gasteiger partial charge in [-0.1, -0.05) is 139 Å². The van der Waals surface area contributed by atoms with Crippen molar-refractivity contribution in [1.29, 1.82) is 0 Å². The lowest BCUT2D eigenvalue weighted by Gasteiger charge is -2.25. The third-order valence-electron chi connectivity index (χ3n) is 7.56. The highest BCUT2D eigenvalue weighted by atomic mass is 35.5. The highest BCUT2D eigenvalue weighted by Gasteiger charge is 2.32. The molecule has 0 N–H and O–H groups in total. The largest absolute Gasteiger partial charge is 0.0843 e. The second-order valence-electron chi connectivity index (χ2n) is 9.80. The first-order valence-electron chi connectivity index (χ1n) is 13.0. The average molecular weight is 505 g/mol. The normalized spacial score (nSPS) is 11.7. The van der Waals surface area contributed by atoms with Gasteiger partial charge in [-0.25, -0.2) is 0 Å². The van der Waals surface area contributed by atoms with Gasteiger partial charge in [0.15, 0.2) is 0 Å². The lowest BCUT2D eigenvalue weighted by molar-refractivity contribution is 1.26. The lowest BCUT2D eigenvalue weighted by atomic mass is 9.77. The van der Waals surface area contributed by atoms with Gasteiger partial charge in [0, 0.05) is 5.02 Å². The molecule has 0 saturated heterocycles. The van der Waals surface area contributed by atoms with E-state index in [1.807, 2.05) is 6.07 Å². The fraction of sp³-hybridized carbons (Fsp3) is 0.0270. The van der Waals surface area contributed by atoms with Crippen molar-refractivity contribution in [3.05, 3.63) is 156 Å². The van der Waals surface area contributed by atoms with Gasteiger partial charge in [-0.2, -0.15) is 0 Å². The van der Waals surface area contributed by atoms with Crippen LogP contribution in [0.3, 0.4) is 0 Å². The zero-order valence-electron chi connectivity index (χ0n) is 20.9.